The van der Waals surface area contributed by atoms with Crippen LogP contribution in [-0.2, 0) is 21.4 Å². The van der Waals surface area contributed by atoms with Crippen LogP contribution in [0.1, 0.15) is 49.7 Å². The van der Waals surface area contributed by atoms with Crippen LogP contribution >= 0.6 is 11.6 Å². The van der Waals surface area contributed by atoms with Crippen molar-refractivity contribution < 1.29 is 18.7 Å². The summed E-state index contributed by atoms with van der Waals surface area (Å²) in [4.78, 5) is 13.1. The van der Waals surface area contributed by atoms with E-state index < -0.39 is 5.54 Å². The van der Waals surface area contributed by atoms with E-state index in [1.54, 1.807) is 12.1 Å². The average Bonchev–Trinajstić information content (AvgIpc) is 3.21. The predicted octanol–water partition coefficient (Wildman–Crippen LogP) is 7.35. The van der Waals surface area contributed by atoms with Gasteiger partial charge in [0, 0.05) is 10.7 Å². The summed E-state index contributed by atoms with van der Waals surface area (Å²) < 4.78 is 24.4. The zero-order valence-electron chi connectivity index (χ0n) is 21.1. The quantitative estimate of drug-likeness (QED) is 0.249. The fourth-order valence-electron chi connectivity index (χ4n) is 6.51. The topological polar surface area (TPSA) is 47.6 Å². The van der Waals surface area contributed by atoms with Gasteiger partial charge >= 0.3 is 5.97 Å². The SMILES string of the molecule is COC(=O)C1(Nc2cccc(Cl)c2)CCC2(CC1)c1ccccc1CC2CCCOc1ccc(F)cc1. The van der Waals surface area contributed by atoms with Gasteiger partial charge in [0.1, 0.15) is 17.1 Å². The van der Waals surface area contributed by atoms with Crippen molar-refractivity contribution in [1.82, 2.24) is 0 Å². The molecule has 0 aromatic heterocycles. The van der Waals surface area contributed by atoms with Crippen LogP contribution in [0.3, 0.4) is 0 Å². The molecule has 0 heterocycles. The monoisotopic (exact) mass is 521 g/mol. The maximum Gasteiger partial charge on any atom is 0.331 e. The molecule has 0 aliphatic heterocycles. The number of carbonyl (C=O) groups excluding carboxylic acids is 1. The van der Waals surface area contributed by atoms with E-state index in [9.17, 15) is 9.18 Å². The Morgan fingerprint density at radius 3 is 2.51 bits per heavy atom. The van der Waals surface area contributed by atoms with Crippen molar-refractivity contribution in [3.63, 3.8) is 0 Å². The molecule has 194 valence electrons. The van der Waals surface area contributed by atoms with Gasteiger partial charge in [0.25, 0.3) is 0 Å². The molecular formula is C31H33ClFNO3. The van der Waals surface area contributed by atoms with Gasteiger partial charge in [0.15, 0.2) is 0 Å². The number of ether oxygens (including phenoxy) is 2. The van der Waals surface area contributed by atoms with Crippen molar-refractivity contribution in [2.24, 2.45) is 5.92 Å². The Morgan fingerprint density at radius 1 is 1.03 bits per heavy atom. The van der Waals surface area contributed by atoms with Gasteiger partial charge in [-0.3, -0.25) is 0 Å². The second-order valence-electron chi connectivity index (χ2n) is 10.4. The Hall–Kier alpha value is -3.05. The lowest BCUT2D eigenvalue weighted by Gasteiger charge is -2.47. The minimum Gasteiger partial charge on any atom is -0.494 e. The van der Waals surface area contributed by atoms with Crippen LogP contribution in [0, 0.1) is 11.7 Å². The smallest absolute Gasteiger partial charge is 0.331 e. The summed E-state index contributed by atoms with van der Waals surface area (Å²) in [6, 6.07) is 22.5. The van der Waals surface area contributed by atoms with Crippen LogP contribution in [0.5, 0.6) is 5.75 Å². The first-order valence-corrected chi connectivity index (χ1v) is 13.4. The lowest BCUT2D eigenvalue weighted by molar-refractivity contribution is -0.148. The third-order valence-corrected chi connectivity index (χ3v) is 8.60. The van der Waals surface area contributed by atoms with Crippen molar-refractivity contribution in [3.8, 4) is 5.75 Å². The highest BCUT2D eigenvalue weighted by Gasteiger charge is 2.53. The standard InChI is InChI=1S/C31H33ClFNO3/c1-36-29(35)31(34-26-9-4-8-24(32)21-26)17-15-30(16-18-31)23(20-22-6-2-3-10-28(22)30)7-5-19-37-27-13-11-25(33)12-14-27/h2-4,6,8-14,21,23,34H,5,7,15-20H2,1H3. The first-order valence-electron chi connectivity index (χ1n) is 13.0. The summed E-state index contributed by atoms with van der Waals surface area (Å²) in [6.45, 7) is 0.594. The predicted molar refractivity (Wildman–Crippen MR) is 145 cm³/mol. The fourth-order valence-corrected chi connectivity index (χ4v) is 6.70. The van der Waals surface area contributed by atoms with Gasteiger partial charge in [0.05, 0.1) is 13.7 Å². The lowest BCUT2D eigenvalue weighted by atomic mass is 9.60. The Labute approximate surface area is 223 Å². The molecule has 0 bridgehead atoms. The normalized spacial score (nSPS) is 24.5. The number of benzene rings is 3. The maximum absolute atomic E-state index is 13.2. The number of hydrogen-bond donors (Lipinski definition) is 1. The highest BCUT2D eigenvalue weighted by Crippen LogP contribution is 2.55. The molecule has 1 spiro atoms. The van der Waals surface area contributed by atoms with Gasteiger partial charge < -0.3 is 14.8 Å². The molecule has 2 aliphatic rings. The Morgan fingerprint density at radius 2 is 1.78 bits per heavy atom. The molecule has 0 radical (unpaired) electrons. The number of methoxy groups -OCH3 is 1. The molecule has 3 aromatic rings. The number of esters is 1. The Bertz CT molecular complexity index is 1240. The van der Waals surface area contributed by atoms with Gasteiger partial charge in [-0.15, -0.1) is 0 Å². The molecule has 5 rings (SSSR count). The van der Waals surface area contributed by atoms with Gasteiger partial charge in [-0.05, 0) is 110 Å². The van der Waals surface area contributed by atoms with Crippen LogP contribution < -0.4 is 10.1 Å². The fraction of sp³-hybridized carbons (Fsp3) is 0.387. The van der Waals surface area contributed by atoms with Crippen LogP contribution in [-0.4, -0.2) is 25.2 Å². The van der Waals surface area contributed by atoms with Crippen molar-refractivity contribution in [2.75, 3.05) is 19.0 Å². The number of carbonyl (C=O) groups is 1. The third kappa shape index (κ3) is 5.19. The largest absolute Gasteiger partial charge is 0.494 e. The van der Waals surface area contributed by atoms with Crippen molar-refractivity contribution in [3.05, 3.63) is 94.8 Å². The molecule has 1 unspecified atom stereocenters. The van der Waals surface area contributed by atoms with E-state index >= 15 is 0 Å². The van der Waals surface area contributed by atoms with Gasteiger partial charge in [-0.25, -0.2) is 9.18 Å². The second kappa shape index (κ2) is 10.7. The van der Waals surface area contributed by atoms with E-state index in [4.69, 9.17) is 21.1 Å². The zero-order valence-corrected chi connectivity index (χ0v) is 21.9. The summed E-state index contributed by atoms with van der Waals surface area (Å²) in [7, 11) is 1.46. The molecule has 4 nitrogen and oxygen atoms in total. The van der Waals surface area contributed by atoms with Crippen LogP contribution in [0.15, 0.2) is 72.8 Å². The summed E-state index contributed by atoms with van der Waals surface area (Å²) in [5.41, 5.74) is 2.93. The molecule has 1 atom stereocenters. The number of anilines is 1. The number of halogens is 2. The number of hydrogen-bond acceptors (Lipinski definition) is 4. The molecular weight excluding hydrogens is 489 g/mol. The highest BCUT2D eigenvalue weighted by atomic mass is 35.5. The Kier molecular flexibility index (Phi) is 7.43. The Balaban J connectivity index is 1.32. The third-order valence-electron chi connectivity index (χ3n) is 8.36. The van der Waals surface area contributed by atoms with Gasteiger partial charge in [0.2, 0.25) is 0 Å². The summed E-state index contributed by atoms with van der Waals surface area (Å²) in [6.07, 6.45) is 6.15. The van der Waals surface area contributed by atoms with Crippen LogP contribution in [0.4, 0.5) is 10.1 Å². The van der Waals surface area contributed by atoms with E-state index in [0.29, 0.717) is 36.1 Å². The number of nitrogens with one attached hydrogen (secondary N) is 1. The molecule has 0 saturated heterocycles. The minimum atomic E-state index is -0.779. The van der Waals surface area contributed by atoms with E-state index in [1.807, 2.05) is 24.3 Å². The first kappa shape index (κ1) is 25.6. The van der Waals surface area contributed by atoms with E-state index in [2.05, 4.69) is 29.6 Å². The summed E-state index contributed by atoms with van der Waals surface area (Å²) in [5.74, 6) is 0.683. The molecule has 1 N–H and O–H groups in total. The zero-order chi connectivity index (χ0) is 25.9. The summed E-state index contributed by atoms with van der Waals surface area (Å²) in [5, 5.41) is 4.13. The number of fused-ring (bicyclic) bond motifs is 2. The first-order chi connectivity index (χ1) is 17.9. The lowest BCUT2D eigenvalue weighted by Crippen LogP contribution is -2.53. The number of rotatable bonds is 8. The summed E-state index contributed by atoms with van der Waals surface area (Å²) >= 11 is 6.22. The molecule has 1 fully saturated rings. The average molecular weight is 522 g/mol. The minimum absolute atomic E-state index is 0.0278. The van der Waals surface area contributed by atoms with Gasteiger partial charge in [-0.1, -0.05) is 41.9 Å². The van der Waals surface area contributed by atoms with Crippen molar-refractivity contribution >= 4 is 23.3 Å². The van der Waals surface area contributed by atoms with E-state index in [0.717, 1.165) is 37.8 Å². The molecule has 3 aromatic carbocycles. The van der Waals surface area contributed by atoms with Crippen LogP contribution in [0.2, 0.25) is 5.02 Å². The molecule has 1 saturated carbocycles. The highest BCUT2D eigenvalue weighted by molar-refractivity contribution is 6.30. The van der Waals surface area contributed by atoms with Crippen molar-refractivity contribution in [1.29, 1.82) is 0 Å². The van der Waals surface area contributed by atoms with Crippen LogP contribution in [0.25, 0.3) is 0 Å². The second-order valence-corrected chi connectivity index (χ2v) is 10.8. The maximum atomic E-state index is 13.2. The molecule has 2 aliphatic carbocycles. The van der Waals surface area contributed by atoms with Gasteiger partial charge in [-0.2, -0.15) is 0 Å². The molecule has 0 amide bonds. The molecule has 37 heavy (non-hydrogen) atoms. The molecule has 6 heteroatoms. The van der Waals surface area contributed by atoms with E-state index in [1.165, 1.54) is 30.4 Å². The van der Waals surface area contributed by atoms with Crippen molar-refractivity contribution in [2.45, 2.75) is 55.9 Å². The van der Waals surface area contributed by atoms with E-state index in [-0.39, 0.29) is 17.2 Å².